The van der Waals surface area contributed by atoms with E-state index in [0.29, 0.717) is 5.41 Å². The second kappa shape index (κ2) is 7.79. The summed E-state index contributed by atoms with van der Waals surface area (Å²) in [6, 6.07) is 10.5. The van der Waals surface area contributed by atoms with Gasteiger partial charge in [0, 0.05) is 56.4 Å². The minimum absolute atomic E-state index is 0.231. The van der Waals surface area contributed by atoms with Crippen LogP contribution in [0.5, 0.6) is 0 Å². The van der Waals surface area contributed by atoms with Crippen molar-refractivity contribution in [3.05, 3.63) is 59.4 Å². The first-order chi connectivity index (χ1) is 14.2. The Labute approximate surface area is 173 Å². The number of hydrogen-bond acceptors (Lipinski definition) is 4. The summed E-state index contributed by atoms with van der Waals surface area (Å²) in [7, 11) is 0. The molecule has 1 spiro atoms. The van der Waals surface area contributed by atoms with E-state index in [1.807, 2.05) is 18.5 Å². The number of carbonyl (C=O) groups is 1. The van der Waals surface area contributed by atoms with Crippen molar-refractivity contribution in [2.45, 2.75) is 38.6 Å². The molecule has 1 aromatic carbocycles. The molecular weight excluding hydrogens is 360 g/mol. The molecule has 0 unspecified atom stereocenters. The molecule has 5 heteroatoms. The van der Waals surface area contributed by atoms with Crippen molar-refractivity contribution in [2.75, 3.05) is 37.6 Å². The van der Waals surface area contributed by atoms with Gasteiger partial charge in [-0.05, 0) is 73.4 Å². The predicted octanol–water partition coefficient (Wildman–Crippen LogP) is 3.25. The first-order valence-corrected chi connectivity index (χ1v) is 11.0. The van der Waals surface area contributed by atoms with Crippen molar-refractivity contribution >= 4 is 11.6 Å². The van der Waals surface area contributed by atoms with Crippen LogP contribution in [0.3, 0.4) is 0 Å². The van der Waals surface area contributed by atoms with E-state index in [0.717, 1.165) is 64.1 Å². The summed E-state index contributed by atoms with van der Waals surface area (Å²) in [6.07, 6.45) is 9.49. The van der Waals surface area contributed by atoms with Gasteiger partial charge in [0.15, 0.2) is 0 Å². The Kier molecular flexibility index (Phi) is 5.00. The molecule has 0 atom stereocenters. The van der Waals surface area contributed by atoms with Crippen molar-refractivity contribution in [3.8, 4) is 0 Å². The highest BCUT2D eigenvalue weighted by Crippen LogP contribution is 2.42. The summed E-state index contributed by atoms with van der Waals surface area (Å²) in [6.45, 7) is 5.83. The van der Waals surface area contributed by atoms with Gasteiger partial charge in [-0.25, -0.2) is 0 Å². The van der Waals surface area contributed by atoms with Crippen LogP contribution in [0, 0.1) is 5.41 Å². The zero-order valence-electron chi connectivity index (χ0n) is 17.1. The van der Waals surface area contributed by atoms with E-state index in [9.17, 15) is 4.79 Å². The van der Waals surface area contributed by atoms with Gasteiger partial charge in [0.05, 0.1) is 0 Å². The molecule has 1 amide bonds. The summed E-state index contributed by atoms with van der Waals surface area (Å²) in [5.74, 6) is 0.231. The Hall–Kier alpha value is -2.40. The number of likely N-dealkylation sites (tertiary alicyclic amines) is 1. The van der Waals surface area contributed by atoms with Gasteiger partial charge in [-0.2, -0.15) is 0 Å². The van der Waals surface area contributed by atoms with Crippen LogP contribution < -0.4 is 10.2 Å². The van der Waals surface area contributed by atoms with Crippen LogP contribution in [0.15, 0.2) is 42.7 Å². The van der Waals surface area contributed by atoms with Gasteiger partial charge < -0.3 is 15.1 Å². The average molecular weight is 391 g/mol. The van der Waals surface area contributed by atoms with E-state index >= 15 is 0 Å². The van der Waals surface area contributed by atoms with E-state index in [1.165, 1.54) is 29.7 Å². The van der Waals surface area contributed by atoms with E-state index in [4.69, 9.17) is 0 Å². The maximum Gasteiger partial charge on any atom is 0.254 e. The number of piperidine rings is 2. The molecule has 5 nitrogen and oxygen atoms in total. The van der Waals surface area contributed by atoms with Gasteiger partial charge >= 0.3 is 0 Å². The highest BCUT2D eigenvalue weighted by Gasteiger charge is 2.39. The zero-order chi connectivity index (χ0) is 19.7. The maximum atomic E-state index is 13.3. The average Bonchev–Trinajstić information content (AvgIpc) is 2.80. The van der Waals surface area contributed by atoms with Crippen LogP contribution in [0.2, 0.25) is 0 Å². The van der Waals surface area contributed by atoms with Crippen molar-refractivity contribution < 1.29 is 4.79 Å². The number of hydrogen-bond donors (Lipinski definition) is 1. The largest absolute Gasteiger partial charge is 0.371 e. The minimum atomic E-state index is 0.231. The monoisotopic (exact) mass is 390 g/mol. The van der Waals surface area contributed by atoms with Gasteiger partial charge in [0.2, 0.25) is 0 Å². The Balaban J connectivity index is 1.22. The Morgan fingerprint density at radius 3 is 2.45 bits per heavy atom. The smallest absolute Gasteiger partial charge is 0.254 e. The lowest BCUT2D eigenvalue weighted by atomic mass is 9.71. The van der Waals surface area contributed by atoms with Crippen LogP contribution in [0.4, 0.5) is 5.69 Å². The number of rotatable bonds is 2. The Bertz CT molecular complexity index is 864. The number of nitrogens with one attached hydrogen (secondary N) is 1. The number of fused-ring (bicyclic) bond motifs is 1. The van der Waals surface area contributed by atoms with Gasteiger partial charge in [0.1, 0.15) is 0 Å². The number of amides is 1. The zero-order valence-corrected chi connectivity index (χ0v) is 17.1. The maximum absolute atomic E-state index is 13.3. The van der Waals surface area contributed by atoms with Crippen molar-refractivity contribution in [1.82, 2.24) is 15.2 Å². The third kappa shape index (κ3) is 3.64. The van der Waals surface area contributed by atoms with E-state index in [-0.39, 0.29) is 5.91 Å². The molecule has 2 aromatic rings. The quantitative estimate of drug-likeness (QED) is 0.855. The van der Waals surface area contributed by atoms with Crippen molar-refractivity contribution in [2.24, 2.45) is 5.41 Å². The Morgan fingerprint density at radius 2 is 1.69 bits per heavy atom. The summed E-state index contributed by atoms with van der Waals surface area (Å²) in [5.41, 5.74) is 5.17. The molecule has 5 rings (SSSR count). The topological polar surface area (TPSA) is 48.5 Å². The molecule has 152 valence electrons. The van der Waals surface area contributed by atoms with Crippen LogP contribution >= 0.6 is 0 Å². The molecule has 0 aliphatic carbocycles. The normalized spacial score (nSPS) is 21.1. The summed E-state index contributed by atoms with van der Waals surface area (Å²) in [4.78, 5) is 22.0. The summed E-state index contributed by atoms with van der Waals surface area (Å²) < 4.78 is 0. The third-order valence-corrected chi connectivity index (χ3v) is 7.34. The molecule has 2 saturated heterocycles. The van der Waals surface area contributed by atoms with Gasteiger partial charge in [-0.1, -0.05) is 12.1 Å². The van der Waals surface area contributed by atoms with Crippen LogP contribution in [-0.2, 0) is 13.0 Å². The fourth-order valence-electron chi connectivity index (χ4n) is 5.36. The third-order valence-electron chi connectivity index (χ3n) is 7.34. The highest BCUT2D eigenvalue weighted by atomic mass is 16.2. The first-order valence-electron chi connectivity index (χ1n) is 11.0. The van der Waals surface area contributed by atoms with Crippen LogP contribution in [-0.4, -0.2) is 48.5 Å². The van der Waals surface area contributed by atoms with Gasteiger partial charge in [-0.15, -0.1) is 0 Å². The molecule has 1 N–H and O–H groups in total. The molecule has 4 heterocycles. The number of benzene rings is 1. The van der Waals surface area contributed by atoms with Crippen LogP contribution in [0.25, 0.3) is 0 Å². The highest BCUT2D eigenvalue weighted by molar-refractivity contribution is 5.96. The predicted molar refractivity (Wildman–Crippen MR) is 115 cm³/mol. The molecule has 0 saturated carbocycles. The standard InChI is InChI=1S/C24H30N4O/c29-23(21-3-1-2-19-4-11-26-18-22(19)21)28-16-9-24(10-17-28)7-14-27(15-8-24)20-5-12-25-13-6-20/h1-3,5-6,12-13,26H,4,7-11,14-18H2. The number of carbonyl (C=O) groups excluding carboxylic acids is 1. The molecule has 0 bridgehead atoms. The molecule has 3 aliphatic heterocycles. The second-order valence-corrected chi connectivity index (χ2v) is 8.85. The molecule has 29 heavy (non-hydrogen) atoms. The molecular formula is C24H30N4O. The fourth-order valence-corrected chi connectivity index (χ4v) is 5.36. The lowest BCUT2D eigenvalue weighted by molar-refractivity contribution is 0.0513. The first kappa shape index (κ1) is 18.6. The molecule has 1 aromatic heterocycles. The van der Waals surface area contributed by atoms with Crippen LogP contribution in [0.1, 0.15) is 47.2 Å². The number of nitrogens with zero attached hydrogens (tertiary/aromatic N) is 3. The van der Waals surface area contributed by atoms with Crippen molar-refractivity contribution in [1.29, 1.82) is 0 Å². The van der Waals surface area contributed by atoms with Crippen molar-refractivity contribution in [3.63, 3.8) is 0 Å². The van der Waals surface area contributed by atoms with E-state index in [1.54, 1.807) is 0 Å². The van der Waals surface area contributed by atoms with Gasteiger partial charge in [-0.3, -0.25) is 9.78 Å². The Morgan fingerprint density at radius 1 is 0.966 bits per heavy atom. The lowest BCUT2D eigenvalue weighted by Crippen LogP contribution is -2.48. The lowest BCUT2D eigenvalue weighted by Gasteiger charge is -2.47. The SMILES string of the molecule is O=C(c1cccc2c1CNCC2)N1CCC2(CC1)CCN(c1ccncc1)CC2. The number of pyridine rings is 1. The summed E-state index contributed by atoms with van der Waals surface area (Å²) >= 11 is 0. The number of anilines is 1. The number of aromatic nitrogens is 1. The second-order valence-electron chi connectivity index (χ2n) is 8.85. The summed E-state index contributed by atoms with van der Waals surface area (Å²) in [5, 5.41) is 3.42. The minimum Gasteiger partial charge on any atom is -0.371 e. The molecule has 3 aliphatic rings. The molecule has 0 radical (unpaired) electrons. The van der Waals surface area contributed by atoms with E-state index < -0.39 is 0 Å². The fraction of sp³-hybridized carbons (Fsp3) is 0.500. The van der Waals surface area contributed by atoms with E-state index in [2.05, 4.69) is 44.4 Å². The molecule has 2 fully saturated rings. The van der Waals surface area contributed by atoms with Gasteiger partial charge in [0.25, 0.3) is 5.91 Å².